The highest BCUT2D eigenvalue weighted by atomic mass is 16.3. The van der Waals surface area contributed by atoms with Gasteiger partial charge in [0.2, 0.25) is 0 Å². The van der Waals surface area contributed by atoms with Gasteiger partial charge in [-0.1, -0.05) is 18.2 Å². The summed E-state index contributed by atoms with van der Waals surface area (Å²) in [5.74, 6) is 0. The van der Waals surface area contributed by atoms with Crippen molar-refractivity contribution >= 4 is 5.69 Å². The maximum atomic E-state index is 9.23. The Morgan fingerprint density at radius 2 is 2.00 bits per heavy atom. The third-order valence-electron chi connectivity index (χ3n) is 3.80. The first kappa shape index (κ1) is 13.4. The molecule has 1 aliphatic rings. The molecule has 18 heavy (non-hydrogen) atoms. The molecule has 3 nitrogen and oxygen atoms in total. The van der Waals surface area contributed by atoms with E-state index in [1.54, 1.807) is 0 Å². The summed E-state index contributed by atoms with van der Waals surface area (Å²) in [7, 11) is 0. The molecule has 0 amide bonds. The summed E-state index contributed by atoms with van der Waals surface area (Å²) in [5, 5.41) is 12.7. The van der Waals surface area contributed by atoms with Crippen LogP contribution in [0.2, 0.25) is 0 Å². The Bertz CT molecular complexity index is 385. The van der Waals surface area contributed by atoms with Gasteiger partial charge in [0.1, 0.15) is 0 Å². The van der Waals surface area contributed by atoms with Gasteiger partial charge in [0.05, 0.1) is 0 Å². The predicted octanol–water partition coefficient (Wildman–Crippen LogP) is 1.85. The van der Waals surface area contributed by atoms with Crippen LogP contribution in [0.1, 0.15) is 24.5 Å². The molecular weight excluding hydrogens is 224 g/mol. The second-order valence-electron chi connectivity index (χ2n) is 5.37. The van der Waals surface area contributed by atoms with E-state index >= 15 is 0 Å². The number of para-hydroxylation sites is 1. The monoisotopic (exact) mass is 248 g/mol. The van der Waals surface area contributed by atoms with Gasteiger partial charge in [-0.2, -0.15) is 0 Å². The van der Waals surface area contributed by atoms with E-state index in [1.807, 2.05) is 0 Å². The summed E-state index contributed by atoms with van der Waals surface area (Å²) in [6, 6.07) is 7.35. The number of aliphatic hydroxyl groups is 1. The lowest BCUT2D eigenvalue weighted by atomic mass is 10.0. The molecule has 1 heterocycles. The number of nitrogens with zero attached hydrogens (tertiary/aromatic N) is 1. The van der Waals surface area contributed by atoms with Crippen molar-refractivity contribution in [2.45, 2.75) is 39.3 Å². The average Bonchev–Trinajstić information content (AvgIpc) is 2.32. The first-order valence-corrected chi connectivity index (χ1v) is 6.80. The summed E-state index contributed by atoms with van der Waals surface area (Å²) in [4.78, 5) is 2.47. The van der Waals surface area contributed by atoms with Crippen LogP contribution in [0.4, 0.5) is 5.69 Å². The number of hydrogen-bond donors (Lipinski definition) is 2. The van der Waals surface area contributed by atoms with E-state index in [1.165, 1.54) is 16.8 Å². The Labute approximate surface area is 110 Å². The average molecular weight is 248 g/mol. The third kappa shape index (κ3) is 2.68. The van der Waals surface area contributed by atoms with Crippen molar-refractivity contribution in [1.82, 2.24) is 5.32 Å². The second kappa shape index (κ2) is 5.72. The van der Waals surface area contributed by atoms with E-state index < -0.39 is 0 Å². The topological polar surface area (TPSA) is 35.5 Å². The number of benzene rings is 1. The Kier molecular flexibility index (Phi) is 4.25. The van der Waals surface area contributed by atoms with Crippen LogP contribution in [0.15, 0.2) is 18.2 Å². The van der Waals surface area contributed by atoms with Gasteiger partial charge in [-0.25, -0.2) is 0 Å². The van der Waals surface area contributed by atoms with Gasteiger partial charge >= 0.3 is 0 Å². The van der Waals surface area contributed by atoms with E-state index in [-0.39, 0.29) is 6.61 Å². The fourth-order valence-electron chi connectivity index (χ4n) is 2.90. The van der Waals surface area contributed by atoms with Crippen LogP contribution in [0.5, 0.6) is 0 Å². The molecule has 1 aromatic carbocycles. The molecule has 1 aliphatic heterocycles. The first-order valence-electron chi connectivity index (χ1n) is 6.80. The van der Waals surface area contributed by atoms with Crippen LogP contribution in [-0.2, 0) is 0 Å². The van der Waals surface area contributed by atoms with Crippen molar-refractivity contribution in [2.24, 2.45) is 0 Å². The third-order valence-corrected chi connectivity index (χ3v) is 3.80. The molecular formula is C15H24N2O. The maximum Gasteiger partial charge on any atom is 0.0451 e. The Morgan fingerprint density at radius 1 is 1.33 bits per heavy atom. The van der Waals surface area contributed by atoms with Gasteiger partial charge in [-0.15, -0.1) is 0 Å². The van der Waals surface area contributed by atoms with E-state index in [0.29, 0.717) is 12.1 Å². The fraction of sp³-hybridized carbons (Fsp3) is 0.600. The van der Waals surface area contributed by atoms with Crippen LogP contribution in [0.3, 0.4) is 0 Å². The molecule has 2 rings (SSSR count). The summed E-state index contributed by atoms with van der Waals surface area (Å²) in [6.45, 7) is 8.78. The van der Waals surface area contributed by atoms with Crippen molar-refractivity contribution in [3.63, 3.8) is 0 Å². The zero-order valence-electron chi connectivity index (χ0n) is 11.6. The zero-order chi connectivity index (χ0) is 13.1. The van der Waals surface area contributed by atoms with Crippen LogP contribution in [0, 0.1) is 13.8 Å². The molecule has 1 aromatic rings. The summed E-state index contributed by atoms with van der Waals surface area (Å²) < 4.78 is 0. The van der Waals surface area contributed by atoms with Crippen molar-refractivity contribution < 1.29 is 5.11 Å². The highest BCUT2D eigenvalue weighted by Gasteiger charge is 2.27. The first-order chi connectivity index (χ1) is 8.63. The van der Waals surface area contributed by atoms with Crippen LogP contribution < -0.4 is 10.2 Å². The quantitative estimate of drug-likeness (QED) is 0.857. The summed E-state index contributed by atoms with van der Waals surface area (Å²) in [5.41, 5.74) is 4.00. The predicted molar refractivity (Wildman–Crippen MR) is 76.2 cm³/mol. The van der Waals surface area contributed by atoms with Gasteiger partial charge in [0.15, 0.2) is 0 Å². The van der Waals surface area contributed by atoms with Crippen molar-refractivity contribution in [1.29, 1.82) is 0 Å². The number of aryl methyl sites for hydroxylation is 2. The maximum absolute atomic E-state index is 9.23. The smallest absolute Gasteiger partial charge is 0.0451 e. The van der Waals surface area contributed by atoms with E-state index in [4.69, 9.17) is 0 Å². The summed E-state index contributed by atoms with van der Waals surface area (Å²) in [6.07, 6.45) is 0.827. The van der Waals surface area contributed by atoms with Gasteiger partial charge < -0.3 is 15.3 Å². The molecule has 0 aromatic heterocycles. The van der Waals surface area contributed by atoms with Gasteiger partial charge in [0, 0.05) is 37.5 Å². The number of hydrogen-bond acceptors (Lipinski definition) is 3. The van der Waals surface area contributed by atoms with Crippen LogP contribution in [0.25, 0.3) is 0 Å². The SMILES string of the molecule is Cc1cccc(C)c1N1CC(C)NCC1CCO. The standard InChI is InChI=1S/C15H24N2O/c1-11-5-4-6-12(2)15(11)17-10-13(3)16-9-14(17)7-8-18/h4-6,13-14,16,18H,7-10H2,1-3H3. The molecule has 1 fully saturated rings. The zero-order valence-corrected chi connectivity index (χ0v) is 11.6. The highest BCUT2D eigenvalue weighted by Crippen LogP contribution is 2.28. The molecule has 3 heteroatoms. The molecule has 2 unspecified atom stereocenters. The molecule has 0 bridgehead atoms. The van der Waals surface area contributed by atoms with E-state index in [2.05, 4.69) is 49.2 Å². The van der Waals surface area contributed by atoms with E-state index in [9.17, 15) is 5.11 Å². The minimum atomic E-state index is 0.252. The molecule has 2 N–H and O–H groups in total. The molecule has 0 aliphatic carbocycles. The van der Waals surface area contributed by atoms with Crippen LogP contribution in [-0.4, -0.2) is 36.9 Å². The fourth-order valence-corrected chi connectivity index (χ4v) is 2.90. The summed E-state index contributed by atoms with van der Waals surface area (Å²) >= 11 is 0. The molecule has 2 atom stereocenters. The van der Waals surface area contributed by atoms with Gasteiger partial charge in [-0.3, -0.25) is 0 Å². The molecule has 0 radical (unpaired) electrons. The number of aliphatic hydroxyl groups excluding tert-OH is 1. The molecule has 0 spiro atoms. The highest BCUT2D eigenvalue weighted by molar-refractivity contribution is 5.60. The largest absolute Gasteiger partial charge is 0.396 e. The normalized spacial score (nSPS) is 24.3. The van der Waals surface area contributed by atoms with Crippen molar-refractivity contribution in [2.75, 3.05) is 24.6 Å². The second-order valence-corrected chi connectivity index (χ2v) is 5.37. The number of rotatable bonds is 3. The number of anilines is 1. The van der Waals surface area contributed by atoms with Crippen LogP contribution >= 0.6 is 0 Å². The van der Waals surface area contributed by atoms with Crippen molar-refractivity contribution in [3.05, 3.63) is 29.3 Å². The Hall–Kier alpha value is -1.06. The van der Waals surface area contributed by atoms with Gasteiger partial charge in [0.25, 0.3) is 0 Å². The Balaban J connectivity index is 2.32. The molecule has 1 saturated heterocycles. The lowest BCUT2D eigenvalue weighted by molar-refractivity contribution is 0.260. The number of nitrogens with one attached hydrogen (secondary N) is 1. The minimum absolute atomic E-state index is 0.252. The Morgan fingerprint density at radius 3 is 2.61 bits per heavy atom. The van der Waals surface area contributed by atoms with Crippen molar-refractivity contribution in [3.8, 4) is 0 Å². The molecule has 0 saturated carbocycles. The molecule has 100 valence electrons. The number of piperazine rings is 1. The van der Waals surface area contributed by atoms with Gasteiger partial charge in [-0.05, 0) is 38.3 Å². The minimum Gasteiger partial charge on any atom is -0.396 e. The lowest BCUT2D eigenvalue weighted by Crippen LogP contribution is -2.56. The van der Waals surface area contributed by atoms with E-state index in [0.717, 1.165) is 19.5 Å². The lowest BCUT2D eigenvalue weighted by Gasteiger charge is -2.42.